The van der Waals surface area contributed by atoms with Gasteiger partial charge in [-0.05, 0) is 25.0 Å². The first-order valence-electron chi connectivity index (χ1n) is 5.57. The first-order valence-corrected chi connectivity index (χ1v) is 5.57. The van der Waals surface area contributed by atoms with E-state index in [4.69, 9.17) is 9.47 Å². The Morgan fingerprint density at radius 2 is 2.24 bits per heavy atom. The van der Waals surface area contributed by atoms with Crippen molar-refractivity contribution in [2.75, 3.05) is 19.0 Å². The molecule has 4 nitrogen and oxygen atoms in total. The van der Waals surface area contributed by atoms with Gasteiger partial charge in [-0.2, -0.15) is 0 Å². The third-order valence-corrected chi connectivity index (χ3v) is 2.59. The van der Waals surface area contributed by atoms with Gasteiger partial charge in [0.1, 0.15) is 5.75 Å². The second kappa shape index (κ2) is 5.39. The summed E-state index contributed by atoms with van der Waals surface area (Å²) in [6.07, 6.45) is 3.32. The van der Waals surface area contributed by atoms with Crippen LogP contribution in [0.25, 0.3) is 0 Å². The SMILES string of the molecule is COc1ccccc1NC=C1CCCOC1=O. The van der Waals surface area contributed by atoms with Gasteiger partial charge in [-0.3, -0.25) is 0 Å². The van der Waals surface area contributed by atoms with Crippen LogP contribution in [0, 0.1) is 0 Å². The zero-order valence-electron chi connectivity index (χ0n) is 9.73. The quantitative estimate of drug-likeness (QED) is 0.643. The topological polar surface area (TPSA) is 47.6 Å². The molecule has 0 aliphatic carbocycles. The van der Waals surface area contributed by atoms with E-state index in [0.29, 0.717) is 12.2 Å². The molecule has 0 amide bonds. The zero-order valence-corrected chi connectivity index (χ0v) is 9.73. The molecule has 1 aliphatic heterocycles. The van der Waals surface area contributed by atoms with E-state index in [-0.39, 0.29) is 5.97 Å². The van der Waals surface area contributed by atoms with Crippen molar-refractivity contribution in [3.8, 4) is 5.75 Å². The molecule has 0 bridgehead atoms. The molecular weight excluding hydrogens is 218 g/mol. The number of methoxy groups -OCH3 is 1. The van der Waals surface area contributed by atoms with Gasteiger partial charge in [0, 0.05) is 6.20 Å². The molecule has 1 aliphatic rings. The molecule has 1 aromatic carbocycles. The minimum absolute atomic E-state index is 0.237. The van der Waals surface area contributed by atoms with Crippen LogP contribution in [0.3, 0.4) is 0 Å². The first-order chi connectivity index (χ1) is 8.31. The Morgan fingerprint density at radius 3 is 3.00 bits per heavy atom. The fourth-order valence-electron chi connectivity index (χ4n) is 1.68. The van der Waals surface area contributed by atoms with Crippen LogP contribution in [0.5, 0.6) is 5.75 Å². The van der Waals surface area contributed by atoms with E-state index in [1.165, 1.54) is 0 Å². The standard InChI is InChI=1S/C13H15NO3/c1-16-12-7-3-2-6-11(12)14-9-10-5-4-8-17-13(10)15/h2-3,6-7,9,14H,4-5,8H2,1H3. The highest BCUT2D eigenvalue weighted by Crippen LogP contribution is 2.24. The highest BCUT2D eigenvalue weighted by Gasteiger charge is 2.15. The number of nitrogens with one attached hydrogen (secondary N) is 1. The third kappa shape index (κ3) is 2.78. The highest BCUT2D eigenvalue weighted by molar-refractivity contribution is 5.89. The predicted octanol–water partition coefficient (Wildman–Crippen LogP) is 2.33. The second-order valence-corrected chi connectivity index (χ2v) is 3.75. The number of hydrogen-bond acceptors (Lipinski definition) is 4. The van der Waals surface area contributed by atoms with E-state index in [1.54, 1.807) is 13.3 Å². The maximum atomic E-state index is 11.4. The van der Waals surface area contributed by atoms with Crippen LogP contribution in [0.15, 0.2) is 36.0 Å². The summed E-state index contributed by atoms with van der Waals surface area (Å²) >= 11 is 0. The van der Waals surface area contributed by atoms with E-state index < -0.39 is 0 Å². The smallest absolute Gasteiger partial charge is 0.335 e. The molecule has 0 atom stereocenters. The average Bonchev–Trinajstić information content (AvgIpc) is 2.38. The van der Waals surface area contributed by atoms with Crippen LogP contribution in [0.4, 0.5) is 5.69 Å². The Bertz CT molecular complexity index is 440. The summed E-state index contributed by atoms with van der Waals surface area (Å²) in [5.41, 5.74) is 1.50. The maximum Gasteiger partial charge on any atom is 0.335 e. The van der Waals surface area contributed by atoms with Crippen LogP contribution in [0.2, 0.25) is 0 Å². The van der Waals surface area contributed by atoms with Crippen molar-refractivity contribution in [1.82, 2.24) is 0 Å². The number of esters is 1. The van der Waals surface area contributed by atoms with Crippen LogP contribution >= 0.6 is 0 Å². The Labute approximate surface area is 100 Å². The van der Waals surface area contributed by atoms with Gasteiger partial charge in [0.05, 0.1) is 25.0 Å². The lowest BCUT2D eigenvalue weighted by Crippen LogP contribution is -2.16. The van der Waals surface area contributed by atoms with Gasteiger partial charge < -0.3 is 14.8 Å². The summed E-state index contributed by atoms with van der Waals surface area (Å²) in [6, 6.07) is 7.55. The first kappa shape index (κ1) is 11.5. The summed E-state index contributed by atoms with van der Waals surface area (Å²) < 4.78 is 10.2. The lowest BCUT2D eigenvalue weighted by Gasteiger charge is -2.14. The largest absolute Gasteiger partial charge is 0.495 e. The van der Waals surface area contributed by atoms with E-state index in [0.717, 1.165) is 24.3 Å². The number of rotatable bonds is 3. The molecule has 1 N–H and O–H groups in total. The van der Waals surface area contributed by atoms with E-state index in [2.05, 4.69) is 5.32 Å². The normalized spacial score (nSPS) is 17.7. The summed E-state index contributed by atoms with van der Waals surface area (Å²) in [6.45, 7) is 0.519. The lowest BCUT2D eigenvalue weighted by molar-refractivity contribution is -0.141. The van der Waals surface area contributed by atoms with Crippen LogP contribution in [-0.2, 0) is 9.53 Å². The van der Waals surface area contributed by atoms with Gasteiger partial charge in [0.15, 0.2) is 0 Å². The summed E-state index contributed by atoms with van der Waals surface area (Å²) in [4.78, 5) is 11.4. The molecular formula is C13H15NO3. The van der Waals surface area contributed by atoms with E-state index in [9.17, 15) is 4.79 Å². The Hall–Kier alpha value is -1.97. The van der Waals surface area contributed by atoms with Gasteiger partial charge in [-0.1, -0.05) is 12.1 Å². The minimum Gasteiger partial charge on any atom is -0.495 e. The summed E-state index contributed by atoms with van der Waals surface area (Å²) in [7, 11) is 1.61. The molecule has 17 heavy (non-hydrogen) atoms. The Morgan fingerprint density at radius 1 is 1.41 bits per heavy atom. The molecule has 1 fully saturated rings. The molecule has 4 heteroatoms. The van der Waals surface area contributed by atoms with Gasteiger partial charge in [0.2, 0.25) is 0 Å². The van der Waals surface area contributed by atoms with Crippen LogP contribution < -0.4 is 10.1 Å². The van der Waals surface area contributed by atoms with Crippen molar-refractivity contribution in [2.45, 2.75) is 12.8 Å². The molecule has 0 aromatic heterocycles. The maximum absolute atomic E-state index is 11.4. The number of carbonyl (C=O) groups excluding carboxylic acids is 1. The molecule has 1 heterocycles. The van der Waals surface area contributed by atoms with Crippen molar-refractivity contribution >= 4 is 11.7 Å². The van der Waals surface area contributed by atoms with Crippen molar-refractivity contribution in [3.63, 3.8) is 0 Å². The molecule has 90 valence electrons. The zero-order chi connectivity index (χ0) is 12.1. The van der Waals surface area contributed by atoms with Crippen LogP contribution in [0.1, 0.15) is 12.8 Å². The van der Waals surface area contributed by atoms with Crippen molar-refractivity contribution < 1.29 is 14.3 Å². The summed E-state index contributed by atoms with van der Waals surface area (Å²) in [5, 5.41) is 3.08. The number of hydrogen-bond donors (Lipinski definition) is 1. The molecule has 0 unspecified atom stereocenters. The third-order valence-electron chi connectivity index (χ3n) is 2.59. The molecule has 1 aromatic rings. The number of ether oxygens (including phenoxy) is 2. The van der Waals surface area contributed by atoms with Gasteiger partial charge in [-0.25, -0.2) is 4.79 Å². The molecule has 1 saturated heterocycles. The van der Waals surface area contributed by atoms with Gasteiger partial charge in [0.25, 0.3) is 0 Å². The van der Waals surface area contributed by atoms with Crippen molar-refractivity contribution in [2.24, 2.45) is 0 Å². The van der Waals surface area contributed by atoms with Gasteiger partial charge >= 0.3 is 5.97 Å². The van der Waals surface area contributed by atoms with E-state index >= 15 is 0 Å². The minimum atomic E-state index is -0.237. The number of para-hydroxylation sites is 2. The predicted molar refractivity (Wildman–Crippen MR) is 64.9 cm³/mol. The Kier molecular flexibility index (Phi) is 3.65. The number of anilines is 1. The fraction of sp³-hybridized carbons (Fsp3) is 0.308. The lowest BCUT2D eigenvalue weighted by atomic mass is 10.1. The molecule has 0 spiro atoms. The number of carbonyl (C=O) groups is 1. The highest BCUT2D eigenvalue weighted by atomic mass is 16.5. The average molecular weight is 233 g/mol. The van der Waals surface area contributed by atoms with E-state index in [1.807, 2.05) is 24.3 Å². The second-order valence-electron chi connectivity index (χ2n) is 3.75. The summed E-state index contributed by atoms with van der Waals surface area (Å²) in [5.74, 6) is 0.507. The molecule has 2 rings (SSSR count). The van der Waals surface area contributed by atoms with Crippen molar-refractivity contribution in [3.05, 3.63) is 36.0 Å². The molecule has 0 saturated carbocycles. The monoisotopic (exact) mass is 233 g/mol. The molecule has 0 radical (unpaired) electrons. The fourth-order valence-corrected chi connectivity index (χ4v) is 1.68. The van der Waals surface area contributed by atoms with Crippen LogP contribution in [-0.4, -0.2) is 19.7 Å². The number of cyclic esters (lactones) is 1. The van der Waals surface area contributed by atoms with Gasteiger partial charge in [-0.15, -0.1) is 0 Å². The Balaban J connectivity index is 2.10. The number of benzene rings is 1. The van der Waals surface area contributed by atoms with Crippen molar-refractivity contribution in [1.29, 1.82) is 0 Å².